The van der Waals surface area contributed by atoms with E-state index in [0.717, 1.165) is 19.1 Å². The molecule has 2 aliphatic heterocycles. The van der Waals surface area contributed by atoms with Crippen LogP contribution in [0.3, 0.4) is 0 Å². The molecule has 0 radical (unpaired) electrons. The SMILES string of the molecule is CC1CCN(CC2CCOC2C)CCN1. The van der Waals surface area contributed by atoms with E-state index in [4.69, 9.17) is 4.74 Å². The van der Waals surface area contributed by atoms with Gasteiger partial charge in [-0.1, -0.05) is 0 Å². The van der Waals surface area contributed by atoms with Gasteiger partial charge in [-0.3, -0.25) is 0 Å². The minimum atomic E-state index is 0.471. The van der Waals surface area contributed by atoms with Gasteiger partial charge in [0.1, 0.15) is 0 Å². The van der Waals surface area contributed by atoms with Gasteiger partial charge in [-0.15, -0.1) is 0 Å². The maximum absolute atomic E-state index is 5.62. The first-order chi connectivity index (χ1) is 7.25. The van der Waals surface area contributed by atoms with Crippen molar-refractivity contribution in [3.8, 4) is 0 Å². The molecule has 1 N–H and O–H groups in total. The summed E-state index contributed by atoms with van der Waals surface area (Å²) >= 11 is 0. The first-order valence-electron chi connectivity index (χ1n) is 6.33. The van der Waals surface area contributed by atoms with Gasteiger partial charge < -0.3 is 15.0 Å². The average molecular weight is 212 g/mol. The molecule has 2 aliphatic rings. The van der Waals surface area contributed by atoms with E-state index in [1.165, 1.54) is 32.5 Å². The minimum Gasteiger partial charge on any atom is -0.378 e. The molecule has 88 valence electrons. The third-order valence-electron chi connectivity index (χ3n) is 3.83. The molecule has 3 atom stereocenters. The predicted molar refractivity (Wildman–Crippen MR) is 62.0 cm³/mol. The molecular formula is C12H24N2O. The first kappa shape index (κ1) is 11.4. The summed E-state index contributed by atoms with van der Waals surface area (Å²) in [4.78, 5) is 2.60. The molecule has 3 nitrogen and oxygen atoms in total. The van der Waals surface area contributed by atoms with Gasteiger partial charge in [-0.05, 0) is 39.2 Å². The van der Waals surface area contributed by atoms with Gasteiger partial charge in [0.05, 0.1) is 6.10 Å². The van der Waals surface area contributed by atoms with Crippen LogP contribution in [-0.4, -0.2) is 49.8 Å². The van der Waals surface area contributed by atoms with E-state index in [0.29, 0.717) is 12.1 Å². The normalized spacial score (nSPS) is 39.2. The van der Waals surface area contributed by atoms with E-state index in [-0.39, 0.29) is 0 Å². The van der Waals surface area contributed by atoms with Crippen molar-refractivity contribution in [3.63, 3.8) is 0 Å². The molecule has 15 heavy (non-hydrogen) atoms. The Hall–Kier alpha value is -0.120. The van der Waals surface area contributed by atoms with Crippen molar-refractivity contribution in [2.45, 2.75) is 38.8 Å². The fourth-order valence-electron chi connectivity index (χ4n) is 2.59. The van der Waals surface area contributed by atoms with Crippen molar-refractivity contribution in [2.24, 2.45) is 5.92 Å². The topological polar surface area (TPSA) is 24.5 Å². The van der Waals surface area contributed by atoms with E-state index in [1.807, 2.05) is 0 Å². The number of rotatable bonds is 2. The Morgan fingerprint density at radius 1 is 1.27 bits per heavy atom. The van der Waals surface area contributed by atoms with Crippen molar-refractivity contribution in [1.82, 2.24) is 10.2 Å². The zero-order valence-electron chi connectivity index (χ0n) is 10.0. The Labute approximate surface area is 93.2 Å². The molecule has 0 amide bonds. The molecule has 0 spiro atoms. The van der Waals surface area contributed by atoms with Gasteiger partial charge in [0.25, 0.3) is 0 Å². The summed E-state index contributed by atoms with van der Waals surface area (Å²) in [6.07, 6.45) is 3.00. The Kier molecular flexibility index (Phi) is 4.00. The van der Waals surface area contributed by atoms with Gasteiger partial charge in [0.2, 0.25) is 0 Å². The number of nitrogens with zero attached hydrogens (tertiary/aromatic N) is 1. The minimum absolute atomic E-state index is 0.471. The van der Waals surface area contributed by atoms with E-state index < -0.39 is 0 Å². The largest absolute Gasteiger partial charge is 0.378 e. The summed E-state index contributed by atoms with van der Waals surface area (Å²) in [5.41, 5.74) is 0. The molecule has 2 fully saturated rings. The lowest BCUT2D eigenvalue weighted by atomic mass is 10.0. The van der Waals surface area contributed by atoms with Crippen molar-refractivity contribution < 1.29 is 4.74 Å². The number of nitrogens with one attached hydrogen (secondary N) is 1. The van der Waals surface area contributed by atoms with Crippen LogP contribution in [0, 0.1) is 5.92 Å². The molecule has 0 aromatic carbocycles. The second-order valence-electron chi connectivity index (χ2n) is 5.07. The molecule has 2 heterocycles. The lowest BCUT2D eigenvalue weighted by Gasteiger charge is -2.24. The zero-order chi connectivity index (χ0) is 10.7. The molecular weight excluding hydrogens is 188 g/mol. The van der Waals surface area contributed by atoms with Gasteiger partial charge in [0.15, 0.2) is 0 Å². The Morgan fingerprint density at radius 3 is 2.87 bits per heavy atom. The fourth-order valence-corrected chi connectivity index (χ4v) is 2.59. The summed E-state index contributed by atoms with van der Waals surface area (Å²) in [5, 5.41) is 3.54. The van der Waals surface area contributed by atoms with Crippen LogP contribution in [0.4, 0.5) is 0 Å². The second-order valence-corrected chi connectivity index (χ2v) is 5.07. The molecule has 2 saturated heterocycles. The highest BCUT2D eigenvalue weighted by molar-refractivity contribution is 4.79. The summed E-state index contributed by atoms with van der Waals surface area (Å²) < 4.78 is 5.62. The summed E-state index contributed by atoms with van der Waals surface area (Å²) in [7, 11) is 0. The molecule has 0 saturated carbocycles. The highest BCUT2D eigenvalue weighted by Crippen LogP contribution is 2.21. The Morgan fingerprint density at radius 2 is 2.13 bits per heavy atom. The maximum Gasteiger partial charge on any atom is 0.0588 e. The van der Waals surface area contributed by atoms with Crippen LogP contribution in [0.5, 0.6) is 0 Å². The molecule has 3 heteroatoms. The average Bonchev–Trinajstić information content (AvgIpc) is 2.48. The lowest BCUT2D eigenvalue weighted by Crippen LogP contribution is -2.34. The number of hydrogen-bond donors (Lipinski definition) is 1. The lowest BCUT2D eigenvalue weighted by molar-refractivity contribution is 0.0933. The monoisotopic (exact) mass is 212 g/mol. The summed E-state index contributed by atoms with van der Waals surface area (Å²) in [6, 6.07) is 0.687. The van der Waals surface area contributed by atoms with Crippen LogP contribution in [0.25, 0.3) is 0 Å². The Bertz CT molecular complexity index is 198. The molecule has 0 bridgehead atoms. The molecule has 0 aromatic rings. The third kappa shape index (κ3) is 3.16. The van der Waals surface area contributed by atoms with E-state index in [1.54, 1.807) is 0 Å². The quantitative estimate of drug-likeness (QED) is 0.742. The summed E-state index contributed by atoms with van der Waals surface area (Å²) in [5.74, 6) is 0.762. The van der Waals surface area contributed by atoms with Crippen molar-refractivity contribution >= 4 is 0 Å². The predicted octanol–water partition coefficient (Wildman–Crippen LogP) is 1.10. The number of ether oxygens (including phenoxy) is 1. The molecule has 0 aromatic heterocycles. The van der Waals surface area contributed by atoms with Gasteiger partial charge in [-0.25, -0.2) is 0 Å². The zero-order valence-corrected chi connectivity index (χ0v) is 10.0. The fraction of sp³-hybridized carbons (Fsp3) is 1.00. The first-order valence-corrected chi connectivity index (χ1v) is 6.33. The van der Waals surface area contributed by atoms with E-state index >= 15 is 0 Å². The van der Waals surface area contributed by atoms with Crippen LogP contribution in [0.15, 0.2) is 0 Å². The summed E-state index contributed by atoms with van der Waals surface area (Å²) in [6.45, 7) is 10.3. The van der Waals surface area contributed by atoms with Crippen LogP contribution in [-0.2, 0) is 4.74 Å². The van der Waals surface area contributed by atoms with E-state index in [2.05, 4.69) is 24.1 Å². The molecule has 3 unspecified atom stereocenters. The smallest absolute Gasteiger partial charge is 0.0588 e. The van der Waals surface area contributed by atoms with Crippen LogP contribution >= 0.6 is 0 Å². The van der Waals surface area contributed by atoms with Crippen molar-refractivity contribution in [2.75, 3.05) is 32.8 Å². The van der Waals surface area contributed by atoms with Gasteiger partial charge >= 0.3 is 0 Å². The highest BCUT2D eigenvalue weighted by atomic mass is 16.5. The van der Waals surface area contributed by atoms with Crippen LogP contribution in [0.1, 0.15) is 26.7 Å². The highest BCUT2D eigenvalue weighted by Gasteiger charge is 2.26. The molecule has 0 aliphatic carbocycles. The van der Waals surface area contributed by atoms with Crippen LogP contribution < -0.4 is 5.32 Å². The van der Waals surface area contributed by atoms with E-state index in [9.17, 15) is 0 Å². The molecule has 2 rings (SSSR count). The Balaban J connectivity index is 1.78. The van der Waals surface area contributed by atoms with Gasteiger partial charge in [-0.2, -0.15) is 0 Å². The standard InChI is InChI=1S/C12H24N2O/c1-10-3-6-14(7-5-13-10)9-12-4-8-15-11(12)2/h10-13H,3-9H2,1-2H3. The van der Waals surface area contributed by atoms with Gasteiger partial charge in [0, 0.05) is 32.3 Å². The third-order valence-corrected chi connectivity index (χ3v) is 3.83. The number of hydrogen-bond acceptors (Lipinski definition) is 3. The second kappa shape index (κ2) is 5.28. The van der Waals surface area contributed by atoms with Crippen molar-refractivity contribution in [3.05, 3.63) is 0 Å². The maximum atomic E-state index is 5.62. The van der Waals surface area contributed by atoms with Crippen LogP contribution in [0.2, 0.25) is 0 Å². The van der Waals surface area contributed by atoms with Crippen molar-refractivity contribution in [1.29, 1.82) is 0 Å².